The van der Waals surface area contributed by atoms with Crippen molar-refractivity contribution in [3.8, 4) is 0 Å². The lowest BCUT2D eigenvalue weighted by molar-refractivity contribution is -0.122. The van der Waals surface area contributed by atoms with E-state index in [1.807, 2.05) is 6.92 Å². The van der Waals surface area contributed by atoms with Crippen molar-refractivity contribution in [2.75, 3.05) is 11.9 Å². The Balaban J connectivity index is 2.08. The van der Waals surface area contributed by atoms with Crippen LogP contribution in [0.3, 0.4) is 0 Å². The molecule has 0 spiro atoms. The van der Waals surface area contributed by atoms with E-state index < -0.39 is 11.4 Å². The first-order valence-corrected chi connectivity index (χ1v) is 6.41. The van der Waals surface area contributed by atoms with E-state index in [0.29, 0.717) is 5.69 Å². The zero-order chi connectivity index (χ0) is 13.2. The van der Waals surface area contributed by atoms with Crippen molar-refractivity contribution in [2.24, 2.45) is 0 Å². The lowest BCUT2D eigenvalue weighted by Gasteiger charge is -2.33. The number of hydrogen-bond donors (Lipinski definition) is 2. The molecule has 0 radical (unpaired) electrons. The van der Waals surface area contributed by atoms with Gasteiger partial charge in [0.05, 0.1) is 10.6 Å². The Labute approximate surface area is 111 Å². The molecule has 1 aliphatic heterocycles. The average molecular weight is 271 g/mol. The highest BCUT2D eigenvalue weighted by molar-refractivity contribution is 6.31. The molecule has 1 fully saturated rings. The molecule has 0 aromatic heterocycles. The second-order valence-corrected chi connectivity index (χ2v) is 5.21. The molecule has 2 rings (SSSR count). The van der Waals surface area contributed by atoms with Crippen molar-refractivity contribution in [2.45, 2.75) is 31.7 Å². The summed E-state index contributed by atoms with van der Waals surface area (Å²) in [6.07, 6.45) is 2.92. The highest BCUT2D eigenvalue weighted by atomic mass is 35.5. The second-order valence-electron chi connectivity index (χ2n) is 4.80. The Bertz CT molecular complexity index is 458. The summed E-state index contributed by atoms with van der Waals surface area (Å²) in [5.74, 6) is -0.596. The molecule has 1 unspecified atom stereocenters. The van der Waals surface area contributed by atoms with Gasteiger partial charge in [0, 0.05) is 5.69 Å². The Morgan fingerprint density at radius 2 is 2.28 bits per heavy atom. The van der Waals surface area contributed by atoms with Gasteiger partial charge in [-0.2, -0.15) is 0 Å². The summed E-state index contributed by atoms with van der Waals surface area (Å²) in [5.41, 5.74) is -0.0425. The molecular formula is C13H16ClFN2O. The molecule has 98 valence electrons. The molecule has 1 aromatic rings. The topological polar surface area (TPSA) is 41.1 Å². The summed E-state index contributed by atoms with van der Waals surface area (Å²) in [6, 6.07) is 4.17. The van der Waals surface area contributed by atoms with E-state index in [1.165, 1.54) is 18.2 Å². The van der Waals surface area contributed by atoms with Crippen molar-refractivity contribution < 1.29 is 9.18 Å². The van der Waals surface area contributed by atoms with Crippen molar-refractivity contribution in [1.29, 1.82) is 0 Å². The molecule has 0 aliphatic carbocycles. The molecule has 1 heterocycles. The third kappa shape index (κ3) is 2.82. The van der Waals surface area contributed by atoms with Gasteiger partial charge in [-0.15, -0.1) is 0 Å². The van der Waals surface area contributed by atoms with Crippen LogP contribution < -0.4 is 10.6 Å². The summed E-state index contributed by atoms with van der Waals surface area (Å²) in [4.78, 5) is 12.2. The predicted octanol–water partition coefficient (Wildman–Crippen LogP) is 2.95. The van der Waals surface area contributed by atoms with Gasteiger partial charge in [-0.05, 0) is 50.9 Å². The molecule has 3 nitrogen and oxygen atoms in total. The number of hydrogen-bond acceptors (Lipinski definition) is 2. The van der Waals surface area contributed by atoms with Gasteiger partial charge in [0.25, 0.3) is 0 Å². The standard InChI is InChI=1S/C13H16ClFN2O/c1-13(6-2-3-7-16-13)12(18)17-9-4-5-11(15)10(14)8-9/h4-5,8,16H,2-3,6-7H2,1H3,(H,17,18). The summed E-state index contributed by atoms with van der Waals surface area (Å²) >= 11 is 5.68. The van der Waals surface area contributed by atoms with Crippen LogP contribution in [0.25, 0.3) is 0 Å². The first kappa shape index (κ1) is 13.3. The highest BCUT2D eigenvalue weighted by Crippen LogP contribution is 2.23. The summed E-state index contributed by atoms with van der Waals surface area (Å²) in [5, 5.41) is 6.00. The van der Waals surface area contributed by atoms with Crippen LogP contribution in [-0.2, 0) is 4.79 Å². The van der Waals surface area contributed by atoms with Gasteiger partial charge in [0.2, 0.25) is 5.91 Å². The Morgan fingerprint density at radius 1 is 1.50 bits per heavy atom. The third-order valence-electron chi connectivity index (χ3n) is 3.30. The molecular weight excluding hydrogens is 255 g/mol. The smallest absolute Gasteiger partial charge is 0.244 e. The van der Waals surface area contributed by atoms with E-state index in [9.17, 15) is 9.18 Å². The van der Waals surface area contributed by atoms with Crippen LogP contribution in [0.2, 0.25) is 5.02 Å². The van der Waals surface area contributed by atoms with Crippen molar-refractivity contribution in [3.05, 3.63) is 29.0 Å². The second kappa shape index (κ2) is 5.24. The number of piperidine rings is 1. The molecule has 1 aliphatic rings. The van der Waals surface area contributed by atoms with Crippen LogP contribution in [0.5, 0.6) is 0 Å². The minimum atomic E-state index is -0.556. The van der Waals surface area contributed by atoms with Gasteiger partial charge in [0.1, 0.15) is 5.82 Å². The molecule has 5 heteroatoms. The maximum absolute atomic E-state index is 13.0. The lowest BCUT2D eigenvalue weighted by Crippen LogP contribution is -2.54. The highest BCUT2D eigenvalue weighted by Gasteiger charge is 2.34. The maximum Gasteiger partial charge on any atom is 0.244 e. The number of rotatable bonds is 2. The SMILES string of the molecule is CC1(C(=O)Nc2ccc(F)c(Cl)c2)CCCCN1. The molecule has 18 heavy (non-hydrogen) atoms. The van der Waals surface area contributed by atoms with Crippen LogP contribution in [0, 0.1) is 5.82 Å². The Kier molecular flexibility index (Phi) is 3.88. The minimum absolute atomic E-state index is 0.00885. The van der Waals surface area contributed by atoms with Gasteiger partial charge < -0.3 is 10.6 Å². The van der Waals surface area contributed by atoms with E-state index in [2.05, 4.69) is 10.6 Å². The summed E-state index contributed by atoms with van der Waals surface area (Å²) < 4.78 is 13.0. The van der Waals surface area contributed by atoms with Gasteiger partial charge in [-0.3, -0.25) is 4.79 Å². The third-order valence-corrected chi connectivity index (χ3v) is 3.59. The number of amides is 1. The molecule has 0 bridgehead atoms. The average Bonchev–Trinajstić information content (AvgIpc) is 2.35. The van der Waals surface area contributed by atoms with Crippen molar-refractivity contribution >= 4 is 23.2 Å². The molecule has 1 aromatic carbocycles. The lowest BCUT2D eigenvalue weighted by atomic mass is 9.90. The Morgan fingerprint density at radius 3 is 2.89 bits per heavy atom. The largest absolute Gasteiger partial charge is 0.324 e. The Hall–Kier alpha value is -1.13. The van der Waals surface area contributed by atoms with E-state index in [1.54, 1.807) is 0 Å². The van der Waals surface area contributed by atoms with E-state index in [0.717, 1.165) is 25.8 Å². The first-order valence-electron chi connectivity index (χ1n) is 6.03. The van der Waals surface area contributed by atoms with E-state index >= 15 is 0 Å². The number of nitrogens with one attached hydrogen (secondary N) is 2. The summed E-state index contributed by atoms with van der Waals surface area (Å²) in [7, 11) is 0. The van der Waals surface area contributed by atoms with E-state index in [-0.39, 0.29) is 10.9 Å². The van der Waals surface area contributed by atoms with Gasteiger partial charge >= 0.3 is 0 Å². The number of carbonyl (C=O) groups excluding carboxylic acids is 1. The van der Waals surface area contributed by atoms with E-state index in [4.69, 9.17) is 11.6 Å². The van der Waals surface area contributed by atoms with Crippen LogP contribution in [0.4, 0.5) is 10.1 Å². The molecule has 1 atom stereocenters. The predicted molar refractivity (Wildman–Crippen MR) is 70.3 cm³/mol. The minimum Gasteiger partial charge on any atom is -0.324 e. The van der Waals surface area contributed by atoms with Crippen LogP contribution in [-0.4, -0.2) is 18.0 Å². The number of halogens is 2. The van der Waals surface area contributed by atoms with Crippen molar-refractivity contribution in [1.82, 2.24) is 5.32 Å². The van der Waals surface area contributed by atoms with Gasteiger partial charge in [-0.25, -0.2) is 4.39 Å². The number of anilines is 1. The molecule has 2 N–H and O–H groups in total. The number of benzene rings is 1. The van der Waals surface area contributed by atoms with Crippen LogP contribution >= 0.6 is 11.6 Å². The zero-order valence-corrected chi connectivity index (χ0v) is 11.0. The molecule has 1 saturated heterocycles. The summed E-state index contributed by atoms with van der Waals surface area (Å²) in [6.45, 7) is 2.72. The number of carbonyl (C=O) groups is 1. The van der Waals surface area contributed by atoms with Crippen LogP contribution in [0.1, 0.15) is 26.2 Å². The quantitative estimate of drug-likeness (QED) is 0.868. The zero-order valence-electron chi connectivity index (χ0n) is 10.2. The fourth-order valence-corrected chi connectivity index (χ4v) is 2.27. The van der Waals surface area contributed by atoms with Crippen LogP contribution in [0.15, 0.2) is 18.2 Å². The molecule has 1 amide bonds. The fraction of sp³-hybridized carbons (Fsp3) is 0.462. The van der Waals surface area contributed by atoms with Crippen molar-refractivity contribution in [3.63, 3.8) is 0 Å². The van der Waals surface area contributed by atoms with Gasteiger partial charge in [0.15, 0.2) is 0 Å². The first-order chi connectivity index (χ1) is 8.51. The normalized spacial score (nSPS) is 23.7. The maximum atomic E-state index is 13.0. The monoisotopic (exact) mass is 270 g/mol. The molecule has 0 saturated carbocycles. The van der Waals surface area contributed by atoms with Gasteiger partial charge in [-0.1, -0.05) is 11.6 Å². The fourth-order valence-electron chi connectivity index (χ4n) is 2.09.